The zero-order valence-electron chi connectivity index (χ0n) is 10.4. The van der Waals surface area contributed by atoms with Crippen molar-refractivity contribution in [2.24, 2.45) is 0 Å². The Hall–Kier alpha value is -2.89. The molecule has 0 fully saturated rings. The number of hydrogen-bond acceptors (Lipinski definition) is 4. The molecule has 0 atom stereocenters. The molecule has 102 valence electrons. The predicted octanol–water partition coefficient (Wildman–Crippen LogP) is 0.951. The van der Waals surface area contributed by atoms with Crippen molar-refractivity contribution in [1.82, 2.24) is 4.57 Å². The third kappa shape index (κ3) is 2.18. The molecule has 0 radical (unpaired) electrons. The number of hydrogen-bond donors (Lipinski definition) is 2. The van der Waals surface area contributed by atoms with E-state index in [-0.39, 0.29) is 23.1 Å². The van der Waals surface area contributed by atoms with Crippen LogP contribution in [0, 0.1) is 0 Å². The molecule has 6 heteroatoms. The van der Waals surface area contributed by atoms with Gasteiger partial charge < -0.3 is 14.8 Å². The molecule has 0 aliphatic heterocycles. The lowest BCUT2D eigenvalue weighted by molar-refractivity contribution is 0.0685. The Bertz CT molecular complexity index is 835. The van der Waals surface area contributed by atoms with Gasteiger partial charge in [0.05, 0.1) is 5.52 Å². The van der Waals surface area contributed by atoms with Gasteiger partial charge in [0.25, 0.3) is 0 Å². The highest BCUT2D eigenvalue weighted by molar-refractivity contribution is 5.90. The van der Waals surface area contributed by atoms with Crippen molar-refractivity contribution in [2.75, 3.05) is 0 Å². The summed E-state index contributed by atoms with van der Waals surface area (Å²) in [6, 6.07) is 4.42. The summed E-state index contributed by atoms with van der Waals surface area (Å²) in [7, 11) is 0. The number of nitrogens with zero attached hydrogens (tertiary/aromatic N) is 1. The van der Waals surface area contributed by atoms with Gasteiger partial charge in [-0.15, -0.1) is 6.58 Å². The number of carbonyl (C=O) groups is 1. The van der Waals surface area contributed by atoms with Gasteiger partial charge in [0, 0.05) is 24.1 Å². The second-order valence-corrected chi connectivity index (χ2v) is 4.12. The third-order valence-electron chi connectivity index (χ3n) is 2.85. The van der Waals surface area contributed by atoms with Crippen molar-refractivity contribution in [3.63, 3.8) is 0 Å². The number of pyridine rings is 1. The maximum Gasteiger partial charge on any atom is 0.352 e. The molecular weight excluding hydrogens is 262 g/mol. The van der Waals surface area contributed by atoms with Gasteiger partial charge in [-0.1, -0.05) is 6.08 Å². The zero-order chi connectivity index (χ0) is 14.9. The van der Waals surface area contributed by atoms with Crippen LogP contribution in [0.3, 0.4) is 0 Å². The number of aromatic nitrogens is 1. The average molecular weight is 273 g/mol. The van der Waals surface area contributed by atoms with Gasteiger partial charge in [-0.3, -0.25) is 9.59 Å². The van der Waals surface area contributed by atoms with E-state index in [4.69, 9.17) is 5.11 Å². The predicted molar refractivity (Wildman–Crippen MR) is 73.3 cm³/mol. The van der Waals surface area contributed by atoms with Crippen LogP contribution in [-0.4, -0.2) is 20.7 Å². The quantitative estimate of drug-likeness (QED) is 0.812. The van der Waals surface area contributed by atoms with Crippen LogP contribution in [0.4, 0.5) is 0 Å². The minimum Gasteiger partial charge on any atom is -0.504 e. The van der Waals surface area contributed by atoms with Crippen LogP contribution in [0.1, 0.15) is 10.5 Å². The number of fused-ring (bicyclic) bond motifs is 1. The van der Waals surface area contributed by atoms with E-state index < -0.39 is 22.6 Å². The minimum absolute atomic E-state index is 0.0437. The lowest BCUT2D eigenvalue weighted by Gasteiger charge is -2.10. The summed E-state index contributed by atoms with van der Waals surface area (Å²) in [6.07, 6.45) is 1.47. The number of rotatable bonds is 3. The van der Waals surface area contributed by atoms with Crippen LogP contribution in [0.2, 0.25) is 0 Å². The van der Waals surface area contributed by atoms with E-state index in [1.165, 1.54) is 16.7 Å². The largest absolute Gasteiger partial charge is 0.504 e. The summed E-state index contributed by atoms with van der Waals surface area (Å²) in [5.74, 6) is -1.77. The molecule has 0 bridgehead atoms. The van der Waals surface area contributed by atoms with E-state index in [9.17, 15) is 19.5 Å². The highest BCUT2D eigenvalue weighted by Crippen LogP contribution is 2.13. The van der Waals surface area contributed by atoms with Gasteiger partial charge in [-0.05, 0) is 12.1 Å². The van der Waals surface area contributed by atoms with Crippen LogP contribution < -0.4 is 10.9 Å². The first-order chi connectivity index (χ1) is 9.45. The highest BCUT2D eigenvalue weighted by Gasteiger charge is 2.14. The lowest BCUT2D eigenvalue weighted by atomic mass is 10.2. The molecule has 2 aromatic rings. The summed E-state index contributed by atoms with van der Waals surface area (Å²) in [5, 5.41) is 18.6. The number of aromatic hydroxyl groups is 1. The van der Waals surface area contributed by atoms with Crippen molar-refractivity contribution in [1.29, 1.82) is 0 Å². The first-order valence-corrected chi connectivity index (χ1v) is 5.70. The fourth-order valence-corrected chi connectivity index (χ4v) is 1.95. The fraction of sp³-hybridized carbons (Fsp3) is 0.0714. The maximum absolute atomic E-state index is 11.9. The Balaban J connectivity index is 3.07. The van der Waals surface area contributed by atoms with E-state index in [2.05, 4.69) is 6.58 Å². The monoisotopic (exact) mass is 273 g/mol. The normalized spacial score (nSPS) is 10.4. The van der Waals surface area contributed by atoms with Crippen LogP contribution >= 0.6 is 0 Å². The van der Waals surface area contributed by atoms with E-state index in [0.29, 0.717) is 0 Å². The van der Waals surface area contributed by atoms with E-state index in [1.807, 2.05) is 0 Å². The number of carboxylic acid groups (broad SMARTS) is 1. The number of aromatic carboxylic acids is 1. The van der Waals surface area contributed by atoms with Gasteiger partial charge in [-0.2, -0.15) is 0 Å². The van der Waals surface area contributed by atoms with Gasteiger partial charge in [0.2, 0.25) is 5.43 Å². The van der Waals surface area contributed by atoms with Crippen LogP contribution in [0.5, 0.6) is 5.75 Å². The summed E-state index contributed by atoms with van der Waals surface area (Å²) in [6.45, 7) is 3.68. The third-order valence-corrected chi connectivity index (χ3v) is 2.85. The molecular formula is C14H11NO5. The van der Waals surface area contributed by atoms with Crippen LogP contribution in [0.15, 0.2) is 46.5 Å². The minimum atomic E-state index is -1.26. The number of allylic oxidation sites excluding steroid dienone is 1. The molecule has 0 unspecified atom stereocenters. The molecule has 2 N–H and O–H groups in total. The molecule has 2 rings (SSSR count). The van der Waals surface area contributed by atoms with Gasteiger partial charge in [-0.25, -0.2) is 4.79 Å². The zero-order valence-corrected chi connectivity index (χ0v) is 10.4. The summed E-state index contributed by atoms with van der Waals surface area (Å²) in [5.41, 5.74) is -1.26. The Morgan fingerprint density at radius 3 is 2.55 bits per heavy atom. The molecule has 0 saturated heterocycles. The van der Waals surface area contributed by atoms with E-state index in [1.54, 1.807) is 0 Å². The van der Waals surface area contributed by atoms with Crippen molar-refractivity contribution < 1.29 is 15.0 Å². The Kier molecular flexibility index (Phi) is 3.39. The molecule has 20 heavy (non-hydrogen) atoms. The molecule has 0 aliphatic carbocycles. The second kappa shape index (κ2) is 5.00. The second-order valence-electron chi connectivity index (χ2n) is 4.12. The molecule has 0 saturated carbocycles. The molecule has 1 aromatic heterocycles. The summed E-state index contributed by atoms with van der Waals surface area (Å²) < 4.78 is 1.34. The van der Waals surface area contributed by atoms with Crippen LogP contribution in [-0.2, 0) is 6.54 Å². The Morgan fingerprint density at radius 1 is 1.25 bits per heavy atom. The van der Waals surface area contributed by atoms with Gasteiger partial charge >= 0.3 is 5.97 Å². The summed E-state index contributed by atoms with van der Waals surface area (Å²) in [4.78, 5) is 34.7. The van der Waals surface area contributed by atoms with Crippen molar-refractivity contribution in [2.45, 2.75) is 6.54 Å². The standard InChI is InChI=1S/C14H11NO5/c1-2-5-15-9-3-4-11(16)13(18)6-8(9)12(17)7-10(15)14(19)20/h2-4,6-7H,1,5H2,(H,16,18)(H,19,20). The summed E-state index contributed by atoms with van der Waals surface area (Å²) >= 11 is 0. The molecule has 1 heterocycles. The smallest absolute Gasteiger partial charge is 0.352 e. The molecule has 0 aliphatic rings. The first-order valence-electron chi connectivity index (χ1n) is 5.70. The van der Waals surface area contributed by atoms with Crippen LogP contribution in [0.25, 0.3) is 10.9 Å². The Labute approximate surface area is 112 Å². The lowest BCUT2D eigenvalue weighted by Crippen LogP contribution is -2.17. The van der Waals surface area contributed by atoms with Gasteiger partial charge in [0.1, 0.15) is 5.69 Å². The molecule has 0 spiro atoms. The Morgan fingerprint density at radius 2 is 1.95 bits per heavy atom. The van der Waals surface area contributed by atoms with Crippen molar-refractivity contribution in [3.05, 3.63) is 63.1 Å². The highest BCUT2D eigenvalue weighted by atomic mass is 16.4. The average Bonchev–Trinajstić information content (AvgIpc) is 2.54. The topological polar surface area (TPSA) is 96.6 Å². The molecule has 0 amide bonds. The maximum atomic E-state index is 11.9. The SMILES string of the molecule is C=CCn1c(C(=O)O)cc(=O)c2cc(=O)c(O)ccc21. The van der Waals surface area contributed by atoms with E-state index >= 15 is 0 Å². The molecule has 1 aromatic carbocycles. The van der Waals surface area contributed by atoms with Gasteiger partial charge in [0.15, 0.2) is 11.2 Å². The van der Waals surface area contributed by atoms with E-state index in [0.717, 1.165) is 18.2 Å². The van der Waals surface area contributed by atoms with Crippen molar-refractivity contribution >= 4 is 16.9 Å². The van der Waals surface area contributed by atoms with Crippen molar-refractivity contribution in [3.8, 4) is 5.75 Å². The molecule has 6 nitrogen and oxygen atoms in total. The fourth-order valence-electron chi connectivity index (χ4n) is 1.95. The first kappa shape index (κ1) is 13.5. The number of carboxylic acids is 1.